The van der Waals surface area contributed by atoms with E-state index in [0.29, 0.717) is 18.5 Å². The largest absolute Gasteiger partial charge is 0.317 e. The maximum absolute atomic E-state index is 12.4. The summed E-state index contributed by atoms with van der Waals surface area (Å²) in [4.78, 5) is 0. The Hall–Kier alpha value is -0.590. The first-order valence-electron chi connectivity index (χ1n) is 6.39. The SMILES string of the molecule is Cc1cc(C)c(NS(=O)(=O)C2CCNCC2)c(Br)c1. The first-order valence-corrected chi connectivity index (χ1v) is 8.73. The Kier molecular flexibility index (Phi) is 4.53. The van der Waals surface area contributed by atoms with Crippen molar-refractivity contribution in [2.75, 3.05) is 17.8 Å². The molecule has 19 heavy (non-hydrogen) atoms. The van der Waals surface area contributed by atoms with Gasteiger partial charge < -0.3 is 5.32 Å². The molecule has 1 fully saturated rings. The molecule has 106 valence electrons. The van der Waals surface area contributed by atoms with Crippen LogP contribution in [0.1, 0.15) is 24.0 Å². The van der Waals surface area contributed by atoms with Gasteiger partial charge in [0.05, 0.1) is 10.9 Å². The Morgan fingerprint density at radius 2 is 1.89 bits per heavy atom. The van der Waals surface area contributed by atoms with Gasteiger partial charge >= 0.3 is 0 Å². The van der Waals surface area contributed by atoms with Crippen LogP contribution in [0.25, 0.3) is 0 Å². The van der Waals surface area contributed by atoms with Crippen LogP contribution in [0.5, 0.6) is 0 Å². The van der Waals surface area contributed by atoms with E-state index in [2.05, 4.69) is 26.0 Å². The zero-order valence-corrected chi connectivity index (χ0v) is 13.6. The van der Waals surface area contributed by atoms with E-state index >= 15 is 0 Å². The summed E-state index contributed by atoms with van der Waals surface area (Å²) in [5, 5.41) is 2.88. The van der Waals surface area contributed by atoms with Crippen LogP contribution in [0.15, 0.2) is 16.6 Å². The molecule has 6 heteroatoms. The van der Waals surface area contributed by atoms with E-state index in [1.54, 1.807) is 0 Å². The zero-order chi connectivity index (χ0) is 14.0. The van der Waals surface area contributed by atoms with Crippen molar-refractivity contribution < 1.29 is 8.42 Å². The molecule has 0 spiro atoms. The fourth-order valence-corrected chi connectivity index (χ4v) is 4.86. The third-order valence-electron chi connectivity index (χ3n) is 3.40. The van der Waals surface area contributed by atoms with E-state index in [4.69, 9.17) is 0 Å². The Balaban J connectivity index is 2.25. The number of sulfonamides is 1. The molecule has 1 aromatic rings. The number of nitrogens with one attached hydrogen (secondary N) is 2. The summed E-state index contributed by atoms with van der Waals surface area (Å²) in [6, 6.07) is 3.90. The predicted molar refractivity (Wildman–Crippen MR) is 82.1 cm³/mol. The van der Waals surface area contributed by atoms with Crippen molar-refractivity contribution in [2.45, 2.75) is 31.9 Å². The third-order valence-corrected chi connectivity index (χ3v) is 5.86. The topological polar surface area (TPSA) is 58.2 Å². The fourth-order valence-electron chi connectivity index (χ4n) is 2.38. The van der Waals surface area contributed by atoms with Crippen molar-refractivity contribution in [2.24, 2.45) is 0 Å². The quantitative estimate of drug-likeness (QED) is 0.884. The van der Waals surface area contributed by atoms with Gasteiger partial charge in [0.1, 0.15) is 0 Å². The molecular weight excluding hydrogens is 328 g/mol. The predicted octanol–water partition coefficient (Wildman–Crippen LogP) is 2.56. The molecule has 0 amide bonds. The number of hydrogen-bond acceptors (Lipinski definition) is 3. The minimum absolute atomic E-state index is 0.304. The van der Waals surface area contributed by atoms with E-state index in [-0.39, 0.29) is 5.25 Å². The third kappa shape index (κ3) is 3.49. The van der Waals surface area contributed by atoms with Crippen LogP contribution in [-0.4, -0.2) is 26.8 Å². The first kappa shape index (κ1) is 14.8. The number of piperidine rings is 1. The average molecular weight is 347 g/mol. The van der Waals surface area contributed by atoms with Crippen molar-refractivity contribution in [1.82, 2.24) is 5.32 Å². The number of rotatable bonds is 3. The lowest BCUT2D eigenvalue weighted by molar-refractivity contribution is 0.499. The maximum Gasteiger partial charge on any atom is 0.235 e. The molecule has 1 saturated heterocycles. The Labute approximate surface area is 123 Å². The van der Waals surface area contributed by atoms with Crippen molar-refractivity contribution >= 4 is 31.6 Å². The minimum Gasteiger partial charge on any atom is -0.317 e. The number of benzene rings is 1. The van der Waals surface area contributed by atoms with Crippen molar-refractivity contribution in [3.63, 3.8) is 0 Å². The molecular formula is C13H19BrN2O2S. The monoisotopic (exact) mass is 346 g/mol. The average Bonchev–Trinajstić information content (AvgIpc) is 2.35. The molecule has 4 nitrogen and oxygen atoms in total. The van der Waals surface area contributed by atoms with Crippen LogP contribution in [0.4, 0.5) is 5.69 Å². The van der Waals surface area contributed by atoms with Gasteiger partial charge in [0.2, 0.25) is 10.0 Å². The van der Waals surface area contributed by atoms with Crippen LogP contribution in [0, 0.1) is 13.8 Å². The van der Waals surface area contributed by atoms with E-state index in [1.165, 1.54) is 0 Å². The molecule has 1 aromatic carbocycles. The summed E-state index contributed by atoms with van der Waals surface area (Å²) in [5.41, 5.74) is 2.70. The molecule has 0 aromatic heterocycles. The number of anilines is 1. The minimum atomic E-state index is -3.31. The number of aryl methyl sites for hydroxylation is 2. The van der Waals surface area contributed by atoms with Crippen LogP contribution < -0.4 is 10.0 Å². The molecule has 0 unspecified atom stereocenters. The molecule has 0 saturated carbocycles. The van der Waals surface area contributed by atoms with Crippen molar-refractivity contribution in [3.05, 3.63) is 27.7 Å². The molecule has 0 atom stereocenters. The number of halogens is 1. The highest BCUT2D eigenvalue weighted by molar-refractivity contribution is 9.10. The van der Waals surface area contributed by atoms with Crippen molar-refractivity contribution in [3.8, 4) is 0 Å². The second-order valence-corrected chi connectivity index (χ2v) is 7.85. The van der Waals surface area contributed by atoms with Gasteiger partial charge in [-0.05, 0) is 72.9 Å². The molecule has 1 aliphatic heterocycles. The highest BCUT2D eigenvalue weighted by atomic mass is 79.9. The summed E-state index contributed by atoms with van der Waals surface area (Å²) in [7, 11) is -3.31. The van der Waals surface area contributed by atoms with E-state index in [9.17, 15) is 8.42 Å². The Bertz CT molecular complexity index is 543. The van der Waals surface area contributed by atoms with Gasteiger partial charge in [-0.3, -0.25) is 4.72 Å². The van der Waals surface area contributed by atoms with Gasteiger partial charge in [0.15, 0.2) is 0 Å². The van der Waals surface area contributed by atoms with E-state index in [0.717, 1.165) is 28.7 Å². The molecule has 0 radical (unpaired) electrons. The molecule has 1 aliphatic rings. The smallest absolute Gasteiger partial charge is 0.235 e. The number of hydrogen-bond donors (Lipinski definition) is 2. The standard InChI is InChI=1S/C13H19BrN2O2S/c1-9-7-10(2)13(12(14)8-9)16-19(17,18)11-3-5-15-6-4-11/h7-8,11,15-16H,3-6H2,1-2H3. The second kappa shape index (κ2) is 5.81. The summed E-state index contributed by atoms with van der Waals surface area (Å²) < 4.78 is 28.3. The highest BCUT2D eigenvalue weighted by Crippen LogP contribution is 2.30. The van der Waals surface area contributed by atoms with Crippen LogP contribution in [-0.2, 0) is 10.0 Å². The normalized spacial score (nSPS) is 17.4. The lowest BCUT2D eigenvalue weighted by atomic mass is 10.1. The Morgan fingerprint density at radius 3 is 2.47 bits per heavy atom. The molecule has 2 rings (SSSR count). The van der Waals surface area contributed by atoms with Gasteiger partial charge in [-0.2, -0.15) is 0 Å². The van der Waals surface area contributed by atoms with Gasteiger partial charge in [-0.1, -0.05) is 6.07 Å². The maximum atomic E-state index is 12.4. The van der Waals surface area contributed by atoms with Crippen molar-refractivity contribution in [1.29, 1.82) is 0 Å². The van der Waals surface area contributed by atoms with Crippen LogP contribution in [0.2, 0.25) is 0 Å². The Morgan fingerprint density at radius 1 is 1.26 bits per heavy atom. The molecule has 2 N–H and O–H groups in total. The highest BCUT2D eigenvalue weighted by Gasteiger charge is 2.28. The van der Waals surface area contributed by atoms with Gasteiger partial charge in [-0.15, -0.1) is 0 Å². The van der Waals surface area contributed by atoms with Crippen LogP contribution in [0.3, 0.4) is 0 Å². The fraction of sp³-hybridized carbons (Fsp3) is 0.538. The second-order valence-electron chi connectivity index (χ2n) is 5.04. The lowest BCUT2D eigenvalue weighted by Gasteiger charge is -2.24. The summed E-state index contributed by atoms with van der Waals surface area (Å²) in [6.07, 6.45) is 1.33. The molecule has 0 aliphatic carbocycles. The van der Waals surface area contributed by atoms with Crippen LogP contribution >= 0.6 is 15.9 Å². The molecule has 1 heterocycles. The summed E-state index contributed by atoms with van der Waals surface area (Å²) in [5.74, 6) is 0. The molecule has 0 bridgehead atoms. The lowest BCUT2D eigenvalue weighted by Crippen LogP contribution is -2.38. The summed E-state index contributed by atoms with van der Waals surface area (Å²) in [6.45, 7) is 5.43. The van der Waals surface area contributed by atoms with E-state index < -0.39 is 10.0 Å². The zero-order valence-electron chi connectivity index (χ0n) is 11.2. The van der Waals surface area contributed by atoms with Gasteiger partial charge in [-0.25, -0.2) is 8.42 Å². The van der Waals surface area contributed by atoms with E-state index in [1.807, 2.05) is 26.0 Å². The van der Waals surface area contributed by atoms with Gasteiger partial charge in [0, 0.05) is 4.47 Å². The van der Waals surface area contributed by atoms with Gasteiger partial charge in [0.25, 0.3) is 0 Å². The summed E-state index contributed by atoms with van der Waals surface area (Å²) >= 11 is 3.44. The first-order chi connectivity index (χ1) is 8.90.